The standard InChI is InChI=1S/C25H30N4O2S/c1-5-6-7-21-28-20-15-26-19-12-13-32-23(19)22(20)29(21)16-18-10-8-17(9-11-18)14-27-24(30)31-25(2,3)4/h8-13,15H,5-7,14,16H2,1-4H3,(H,27,30). The number of ether oxygens (including phenoxy) is 1. The third kappa shape index (κ3) is 5.10. The van der Waals surface area contributed by atoms with Crippen molar-refractivity contribution in [2.24, 2.45) is 0 Å². The largest absolute Gasteiger partial charge is 0.444 e. The van der Waals surface area contributed by atoms with E-state index < -0.39 is 11.7 Å². The molecule has 0 saturated heterocycles. The van der Waals surface area contributed by atoms with Crippen LogP contribution in [0.25, 0.3) is 21.3 Å². The molecule has 1 aromatic carbocycles. The van der Waals surface area contributed by atoms with Gasteiger partial charge in [0, 0.05) is 19.5 Å². The second kappa shape index (κ2) is 9.28. The minimum Gasteiger partial charge on any atom is -0.444 e. The molecule has 32 heavy (non-hydrogen) atoms. The lowest BCUT2D eigenvalue weighted by atomic mass is 10.1. The van der Waals surface area contributed by atoms with Crippen LogP contribution in [-0.2, 0) is 24.2 Å². The average Bonchev–Trinajstić information content (AvgIpc) is 3.35. The highest BCUT2D eigenvalue weighted by Gasteiger charge is 2.17. The molecule has 0 aliphatic heterocycles. The first-order chi connectivity index (χ1) is 15.3. The lowest BCUT2D eigenvalue weighted by Crippen LogP contribution is -2.32. The maximum Gasteiger partial charge on any atom is 0.407 e. The molecule has 3 heterocycles. The van der Waals surface area contributed by atoms with E-state index in [1.54, 1.807) is 11.3 Å². The number of imidazole rings is 1. The number of hydrogen-bond acceptors (Lipinski definition) is 5. The Hall–Kier alpha value is -2.93. The molecule has 168 valence electrons. The molecule has 0 bridgehead atoms. The quantitative estimate of drug-likeness (QED) is 0.371. The number of aryl methyl sites for hydroxylation is 1. The van der Waals surface area contributed by atoms with Crippen molar-refractivity contribution in [1.29, 1.82) is 0 Å². The summed E-state index contributed by atoms with van der Waals surface area (Å²) in [7, 11) is 0. The lowest BCUT2D eigenvalue weighted by molar-refractivity contribution is 0.0523. The van der Waals surface area contributed by atoms with Gasteiger partial charge in [0.25, 0.3) is 0 Å². The Kier molecular flexibility index (Phi) is 6.46. The molecule has 7 heteroatoms. The summed E-state index contributed by atoms with van der Waals surface area (Å²) in [4.78, 5) is 21.4. The van der Waals surface area contributed by atoms with Gasteiger partial charge in [0.1, 0.15) is 16.9 Å². The second-order valence-corrected chi connectivity index (χ2v) is 9.93. The van der Waals surface area contributed by atoms with Crippen LogP contribution >= 0.6 is 11.3 Å². The van der Waals surface area contributed by atoms with Crippen molar-refractivity contribution in [1.82, 2.24) is 19.9 Å². The Balaban J connectivity index is 1.55. The van der Waals surface area contributed by atoms with Crippen molar-refractivity contribution in [2.45, 2.75) is 65.6 Å². The van der Waals surface area contributed by atoms with Crippen LogP contribution in [0.1, 0.15) is 57.5 Å². The number of nitrogens with one attached hydrogen (secondary N) is 1. The molecule has 0 fully saturated rings. The summed E-state index contributed by atoms with van der Waals surface area (Å²) in [5, 5.41) is 4.90. The van der Waals surface area contributed by atoms with Gasteiger partial charge in [0.2, 0.25) is 0 Å². The number of nitrogens with zero attached hydrogens (tertiary/aromatic N) is 3. The predicted octanol–water partition coefficient (Wildman–Crippen LogP) is 6.06. The number of thiophene rings is 1. The van der Waals surface area contributed by atoms with E-state index in [0.717, 1.165) is 48.2 Å². The van der Waals surface area contributed by atoms with E-state index in [1.807, 2.05) is 27.0 Å². The van der Waals surface area contributed by atoms with Gasteiger partial charge in [-0.1, -0.05) is 37.6 Å². The molecule has 0 saturated carbocycles. The van der Waals surface area contributed by atoms with Crippen molar-refractivity contribution in [3.63, 3.8) is 0 Å². The van der Waals surface area contributed by atoms with Crippen LogP contribution in [0.4, 0.5) is 4.79 Å². The van der Waals surface area contributed by atoms with Gasteiger partial charge in [-0.05, 0) is 49.8 Å². The van der Waals surface area contributed by atoms with Crippen LogP contribution < -0.4 is 5.32 Å². The zero-order valence-electron chi connectivity index (χ0n) is 19.1. The molecular formula is C25H30N4O2S. The normalized spacial score (nSPS) is 11.9. The maximum atomic E-state index is 11.9. The molecule has 3 aromatic heterocycles. The number of amides is 1. The summed E-state index contributed by atoms with van der Waals surface area (Å²) in [6, 6.07) is 10.4. The highest BCUT2D eigenvalue weighted by molar-refractivity contribution is 7.18. The highest BCUT2D eigenvalue weighted by atomic mass is 32.1. The molecule has 0 aliphatic carbocycles. The van der Waals surface area contributed by atoms with Crippen molar-refractivity contribution < 1.29 is 9.53 Å². The molecular weight excluding hydrogens is 420 g/mol. The summed E-state index contributed by atoms with van der Waals surface area (Å²) >= 11 is 1.72. The Morgan fingerprint density at radius 2 is 1.88 bits per heavy atom. The number of hydrogen-bond donors (Lipinski definition) is 1. The fourth-order valence-electron chi connectivity index (χ4n) is 3.69. The van der Waals surface area contributed by atoms with E-state index in [4.69, 9.17) is 9.72 Å². The van der Waals surface area contributed by atoms with Gasteiger partial charge in [-0.2, -0.15) is 0 Å². The minimum absolute atomic E-state index is 0.402. The SMILES string of the molecule is CCCCc1nc2cnc3ccsc3c2n1Cc1ccc(CNC(=O)OC(C)(C)C)cc1. The van der Waals surface area contributed by atoms with E-state index >= 15 is 0 Å². The van der Waals surface area contributed by atoms with Gasteiger partial charge < -0.3 is 14.6 Å². The van der Waals surface area contributed by atoms with E-state index in [-0.39, 0.29) is 0 Å². The zero-order valence-corrected chi connectivity index (χ0v) is 20.0. The third-order valence-electron chi connectivity index (χ3n) is 5.21. The summed E-state index contributed by atoms with van der Waals surface area (Å²) in [6.07, 6.45) is 4.69. The monoisotopic (exact) mass is 450 g/mol. The summed E-state index contributed by atoms with van der Waals surface area (Å²) < 4.78 is 8.84. The van der Waals surface area contributed by atoms with Gasteiger partial charge in [-0.3, -0.25) is 4.98 Å². The summed E-state index contributed by atoms with van der Waals surface area (Å²) in [5.74, 6) is 1.11. The number of alkyl carbamates (subject to hydrolysis) is 1. The topological polar surface area (TPSA) is 69.0 Å². The van der Waals surface area contributed by atoms with Gasteiger partial charge in [0.15, 0.2) is 0 Å². The number of aromatic nitrogens is 3. The van der Waals surface area contributed by atoms with E-state index in [1.165, 1.54) is 15.8 Å². The van der Waals surface area contributed by atoms with Crippen LogP contribution in [0.15, 0.2) is 41.9 Å². The second-order valence-electron chi connectivity index (χ2n) is 9.02. The van der Waals surface area contributed by atoms with Gasteiger partial charge in [-0.15, -0.1) is 11.3 Å². The van der Waals surface area contributed by atoms with Crippen LogP contribution in [0, 0.1) is 0 Å². The Labute approximate surface area is 192 Å². The molecule has 0 radical (unpaired) electrons. The molecule has 4 rings (SSSR count). The molecule has 4 aromatic rings. The number of unbranched alkanes of at least 4 members (excludes halogenated alkanes) is 1. The molecule has 1 amide bonds. The molecule has 6 nitrogen and oxygen atoms in total. The predicted molar refractivity (Wildman–Crippen MR) is 130 cm³/mol. The number of pyridine rings is 1. The average molecular weight is 451 g/mol. The fraction of sp³-hybridized carbons (Fsp3) is 0.400. The van der Waals surface area contributed by atoms with Crippen molar-refractivity contribution >= 4 is 38.7 Å². The molecule has 0 spiro atoms. The van der Waals surface area contributed by atoms with Gasteiger partial charge in [0.05, 0.1) is 21.9 Å². The van der Waals surface area contributed by atoms with E-state index in [9.17, 15) is 4.79 Å². The van der Waals surface area contributed by atoms with Crippen LogP contribution in [0.2, 0.25) is 0 Å². The first kappa shape index (κ1) is 22.3. The molecule has 0 aliphatic rings. The number of rotatable bonds is 7. The fourth-order valence-corrected chi connectivity index (χ4v) is 4.59. The van der Waals surface area contributed by atoms with E-state index in [0.29, 0.717) is 6.54 Å². The first-order valence-corrected chi connectivity index (χ1v) is 12.0. The molecule has 0 atom stereocenters. The van der Waals surface area contributed by atoms with Crippen molar-refractivity contribution in [2.75, 3.05) is 0 Å². The Morgan fingerprint density at radius 1 is 1.12 bits per heavy atom. The van der Waals surface area contributed by atoms with Crippen LogP contribution in [-0.4, -0.2) is 26.2 Å². The van der Waals surface area contributed by atoms with Crippen LogP contribution in [0.5, 0.6) is 0 Å². The lowest BCUT2D eigenvalue weighted by Gasteiger charge is -2.19. The molecule has 1 N–H and O–H groups in total. The minimum atomic E-state index is -0.500. The zero-order chi connectivity index (χ0) is 22.7. The van der Waals surface area contributed by atoms with E-state index in [2.05, 4.69) is 57.5 Å². The number of carbonyl (C=O) groups excluding carboxylic acids is 1. The van der Waals surface area contributed by atoms with Crippen molar-refractivity contribution in [3.05, 3.63) is 58.9 Å². The maximum absolute atomic E-state index is 11.9. The van der Waals surface area contributed by atoms with Crippen LogP contribution in [0.3, 0.4) is 0 Å². The van der Waals surface area contributed by atoms with Gasteiger partial charge >= 0.3 is 6.09 Å². The first-order valence-electron chi connectivity index (χ1n) is 11.1. The third-order valence-corrected chi connectivity index (χ3v) is 6.12. The highest BCUT2D eigenvalue weighted by Crippen LogP contribution is 2.30. The molecule has 0 unspecified atom stereocenters. The number of benzene rings is 1. The van der Waals surface area contributed by atoms with Crippen molar-refractivity contribution in [3.8, 4) is 0 Å². The summed E-state index contributed by atoms with van der Waals surface area (Å²) in [5.41, 5.74) is 4.89. The summed E-state index contributed by atoms with van der Waals surface area (Å²) in [6.45, 7) is 8.97. The number of fused-ring (bicyclic) bond motifs is 3. The van der Waals surface area contributed by atoms with Gasteiger partial charge in [-0.25, -0.2) is 9.78 Å². The Bertz CT molecular complexity index is 1220. The number of carbonyl (C=O) groups is 1. The Morgan fingerprint density at radius 3 is 2.59 bits per heavy atom. The smallest absolute Gasteiger partial charge is 0.407 e.